The van der Waals surface area contributed by atoms with Crippen LogP contribution in [0.15, 0.2) is 245 Å². The average molecular weight is 806 g/mol. The highest BCUT2D eigenvalue weighted by Gasteiger charge is 2.22. The average Bonchev–Trinajstić information content (AvgIpc) is 3.92. The van der Waals surface area contributed by atoms with Crippen LogP contribution in [0.5, 0.6) is 0 Å². The lowest BCUT2D eigenvalue weighted by Crippen LogP contribution is -2.11. The largest absolute Gasteiger partial charge is 0.456 e. The first kappa shape index (κ1) is 36.5. The van der Waals surface area contributed by atoms with E-state index in [1.807, 2.05) is 24.3 Å². The molecule has 0 spiro atoms. The van der Waals surface area contributed by atoms with Gasteiger partial charge < -0.3 is 13.7 Å². The minimum Gasteiger partial charge on any atom is -0.456 e. The smallest absolute Gasteiger partial charge is 0.137 e. The molecule has 0 unspecified atom stereocenters. The van der Waals surface area contributed by atoms with Crippen LogP contribution < -0.4 is 4.90 Å². The van der Waals surface area contributed by atoms with E-state index in [0.717, 1.165) is 94.3 Å². The van der Waals surface area contributed by atoms with E-state index < -0.39 is 0 Å². The minimum absolute atomic E-state index is 0.843. The maximum Gasteiger partial charge on any atom is 0.137 e. The SMILES string of the molecule is c1ccc(-c2ccc(-c3ccccc3-c3ccccc3)c(-c3ccccc3N(c3ccc(-c4ccc5c(c4)oc4ccccc45)cc3)c3ccc4c(c3)oc3ccccc34)c2)cc1. The van der Waals surface area contributed by atoms with Crippen molar-refractivity contribution < 1.29 is 8.83 Å². The summed E-state index contributed by atoms with van der Waals surface area (Å²) in [5.41, 5.74) is 18.1. The van der Waals surface area contributed by atoms with Crippen molar-refractivity contribution in [3.63, 3.8) is 0 Å². The van der Waals surface area contributed by atoms with E-state index in [1.165, 1.54) is 22.3 Å². The zero-order valence-corrected chi connectivity index (χ0v) is 34.3. The van der Waals surface area contributed by atoms with Crippen molar-refractivity contribution in [3.8, 4) is 55.6 Å². The van der Waals surface area contributed by atoms with Gasteiger partial charge >= 0.3 is 0 Å². The van der Waals surface area contributed by atoms with Gasteiger partial charge in [0, 0.05) is 44.5 Å². The molecule has 10 aromatic carbocycles. The minimum atomic E-state index is 0.843. The summed E-state index contributed by atoms with van der Waals surface area (Å²) in [5.74, 6) is 0. The van der Waals surface area contributed by atoms with Crippen molar-refractivity contribution in [3.05, 3.63) is 237 Å². The van der Waals surface area contributed by atoms with Gasteiger partial charge in [-0.05, 0) is 111 Å². The summed E-state index contributed by atoms with van der Waals surface area (Å²) in [7, 11) is 0. The number of fused-ring (bicyclic) bond motifs is 6. The van der Waals surface area contributed by atoms with Crippen LogP contribution in [0.4, 0.5) is 17.1 Å². The van der Waals surface area contributed by atoms with E-state index in [0.29, 0.717) is 0 Å². The van der Waals surface area contributed by atoms with Gasteiger partial charge in [0.1, 0.15) is 22.3 Å². The highest BCUT2D eigenvalue weighted by Crippen LogP contribution is 2.47. The molecule has 0 fully saturated rings. The highest BCUT2D eigenvalue weighted by atomic mass is 16.3. The van der Waals surface area contributed by atoms with E-state index >= 15 is 0 Å². The van der Waals surface area contributed by atoms with Gasteiger partial charge in [-0.2, -0.15) is 0 Å². The maximum absolute atomic E-state index is 6.53. The highest BCUT2D eigenvalue weighted by molar-refractivity contribution is 6.08. The van der Waals surface area contributed by atoms with E-state index in [4.69, 9.17) is 8.83 Å². The third kappa shape index (κ3) is 6.46. The second-order valence-electron chi connectivity index (χ2n) is 16.0. The number of hydrogen-bond acceptors (Lipinski definition) is 3. The molecule has 0 saturated heterocycles. The van der Waals surface area contributed by atoms with Crippen LogP contribution in [-0.4, -0.2) is 0 Å². The first-order valence-electron chi connectivity index (χ1n) is 21.4. The van der Waals surface area contributed by atoms with E-state index in [2.05, 4.69) is 217 Å². The van der Waals surface area contributed by atoms with Crippen LogP contribution in [0.3, 0.4) is 0 Å². The number of anilines is 3. The normalized spacial score (nSPS) is 11.5. The van der Waals surface area contributed by atoms with Crippen molar-refractivity contribution in [1.29, 1.82) is 0 Å². The van der Waals surface area contributed by atoms with Gasteiger partial charge in [-0.25, -0.2) is 0 Å². The molecule has 2 aromatic heterocycles. The topological polar surface area (TPSA) is 29.5 Å². The number of furan rings is 2. The van der Waals surface area contributed by atoms with Crippen molar-refractivity contribution in [2.45, 2.75) is 0 Å². The summed E-state index contributed by atoms with van der Waals surface area (Å²) >= 11 is 0. The molecule has 3 heteroatoms. The molecule has 0 N–H and O–H groups in total. The van der Waals surface area contributed by atoms with Gasteiger partial charge in [-0.3, -0.25) is 0 Å². The zero-order chi connectivity index (χ0) is 41.7. The molecule has 3 nitrogen and oxygen atoms in total. The second kappa shape index (κ2) is 15.3. The molecule has 0 aliphatic heterocycles. The third-order valence-corrected chi connectivity index (χ3v) is 12.3. The molecule has 0 atom stereocenters. The summed E-state index contributed by atoms with van der Waals surface area (Å²) in [6.07, 6.45) is 0. The molecule has 12 rings (SSSR count). The fraction of sp³-hybridized carbons (Fsp3) is 0. The summed E-state index contributed by atoms with van der Waals surface area (Å²) in [6.45, 7) is 0. The molecule has 0 aliphatic carbocycles. The molecule has 0 bridgehead atoms. The Hall–Kier alpha value is -8.40. The Morgan fingerprint density at radius 3 is 1.41 bits per heavy atom. The molecule has 0 radical (unpaired) electrons. The maximum atomic E-state index is 6.53. The predicted octanol–water partition coefficient (Wildman–Crippen LogP) is 17.3. The van der Waals surface area contributed by atoms with Crippen LogP contribution in [0.2, 0.25) is 0 Å². The van der Waals surface area contributed by atoms with Gasteiger partial charge in [-0.15, -0.1) is 0 Å². The van der Waals surface area contributed by atoms with Crippen LogP contribution in [0, 0.1) is 0 Å². The Kier molecular flexibility index (Phi) is 8.83. The van der Waals surface area contributed by atoms with Crippen molar-refractivity contribution in [2.24, 2.45) is 0 Å². The number of nitrogens with zero attached hydrogens (tertiary/aromatic N) is 1. The molecule has 296 valence electrons. The Balaban J connectivity index is 1.06. The Bertz CT molecular complexity index is 3620. The zero-order valence-electron chi connectivity index (χ0n) is 34.3. The van der Waals surface area contributed by atoms with Gasteiger partial charge in [0.25, 0.3) is 0 Å². The van der Waals surface area contributed by atoms with Crippen LogP contribution in [-0.2, 0) is 0 Å². The molecular weight excluding hydrogens is 767 g/mol. The number of rotatable bonds is 8. The number of benzene rings is 10. The molecule has 2 heterocycles. The number of hydrogen-bond donors (Lipinski definition) is 0. The summed E-state index contributed by atoms with van der Waals surface area (Å²) < 4.78 is 12.8. The Morgan fingerprint density at radius 2 is 0.698 bits per heavy atom. The van der Waals surface area contributed by atoms with E-state index in [-0.39, 0.29) is 0 Å². The summed E-state index contributed by atoms with van der Waals surface area (Å²) in [6, 6.07) is 84.3. The predicted molar refractivity (Wildman–Crippen MR) is 263 cm³/mol. The number of para-hydroxylation sites is 3. The molecule has 0 amide bonds. The molecular formula is C60H39NO2. The quantitative estimate of drug-likeness (QED) is 0.153. The summed E-state index contributed by atoms with van der Waals surface area (Å²) in [4.78, 5) is 2.37. The van der Waals surface area contributed by atoms with Crippen LogP contribution in [0.25, 0.3) is 99.5 Å². The summed E-state index contributed by atoms with van der Waals surface area (Å²) in [5, 5.41) is 4.45. The standard InChI is InChI=1S/C60H39NO2/c1-3-15-40(16-4-1)43-29-34-49(48-20-8-7-19-47(48)42-17-5-2-6-18-42)55(37-43)50-21-9-12-24-56(50)61(46-33-36-54-52-23-11-14-26-58(52)63-60(54)39-46)45-31-27-41(28-32-45)44-30-35-53-51-22-10-13-25-57(51)62-59(53)38-44/h1-39H. The monoisotopic (exact) mass is 805 g/mol. The van der Waals surface area contributed by atoms with Crippen molar-refractivity contribution in [2.75, 3.05) is 4.90 Å². The van der Waals surface area contributed by atoms with Crippen molar-refractivity contribution in [1.82, 2.24) is 0 Å². The van der Waals surface area contributed by atoms with Gasteiger partial charge in [-0.1, -0.05) is 170 Å². The van der Waals surface area contributed by atoms with Crippen LogP contribution >= 0.6 is 0 Å². The van der Waals surface area contributed by atoms with Crippen molar-refractivity contribution >= 4 is 60.9 Å². The molecule has 0 aliphatic rings. The molecule has 63 heavy (non-hydrogen) atoms. The second-order valence-corrected chi connectivity index (χ2v) is 16.0. The van der Waals surface area contributed by atoms with Gasteiger partial charge in [0.05, 0.1) is 5.69 Å². The van der Waals surface area contributed by atoms with E-state index in [9.17, 15) is 0 Å². The van der Waals surface area contributed by atoms with Gasteiger partial charge in [0.15, 0.2) is 0 Å². The fourth-order valence-electron chi connectivity index (χ4n) is 9.29. The van der Waals surface area contributed by atoms with Crippen LogP contribution in [0.1, 0.15) is 0 Å². The Morgan fingerprint density at radius 1 is 0.238 bits per heavy atom. The fourth-order valence-corrected chi connectivity index (χ4v) is 9.29. The lowest BCUT2D eigenvalue weighted by atomic mass is 9.86. The third-order valence-electron chi connectivity index (χ3n) is 12.3. The lowest BCUT2D eigenvalue weighted by Gasteiger charge is -2.29. The Labute approximate surface area is 365 Å². The molecule has 0 saturated carbocycles. The first-order chi connectivity index (χ1) is 31.2. The first-order valence-corrected chi connectivity index (χ1v) is 21.4. The lowest BCUT2D eigenvalue weighted by molar-refractivity contribution is 0.668. The molecule has 12 aromatic rings. The van der Waals surface area contributed by atoms with E-state index in [1.54, 1.807) is 0 Å². The van der Waals surface area contributed by atoms with Gasteiger partial charge in [0.2, 0.25) is 0 Å².